The van der Waals surface area contributed by atoms with E-state index < -0.39 is 5.82 Å². The first-order valence-corrected chi connectivity index (χ1v) is 9.83. The normalized spacial score (nSPS) is 14.9. The third kappa shape index (κ3) is 4.03. The number of carbonyl (C=O) groups excluding carboxylic acids is 1. The molecule has 0 bridgehead atoms. The fourth-order valence-electron chi connectivity index (χ4n) is 3.65. The van der Waals surface area contributed by atoms with Crippen molar-refractivity contribution in [3.63, 3.8) is 0 Å². The number of carbonyl (C=O) groups is 1. The molecule has 0 unspecified atom stereocenters. The van der Waals surface area contributed by atoms with Gasteiger partial charge in [0.05, 0.1) is 5.56 Å². The van der Waals surface area contributed by atoms with Crippen LogP contribution in [0, 0.1) is 5.82 Å². The molecule has 3 nitrogen and oxygen atoms in total. The summed E-state index contributed by atoms with van der Waals surface area (Å²) >= 11 is 5.98. The molecule has 0 radical (unpaired) electrons. The summed E-state index contributed by atoms with van der Waals surface area (Å²) in [6, 6.07) is 16.6. The number of hydrogen-bond donors (Lipinski definition) is 1. The first-order valence-electron chi connectivity index (χ1n) is 9.45. The van der Waals surface area contributed by atoms with Gasteiger partial charge in [0.1, 0.15) is 5.82 Å². The molecule has 4 rings (SSSR count). The summed E-state index contributed by atoms with van der Waals surface area (Å²) in [5.74, 6) is -0.840. The fourth-order valence-corrected chi connectivity index (χ4v) is 3.78. The van der Waals surface area contributed by atoms with Crippen molar-refractivity contribution < 1.29 is 13.9 Å². The summed E-state index contributed by atoms with van der Waals surface area (Å²) in [6.07, 6.45) is 2.09. The smallest absolute Gasteiger partial charge is 0.254 e. The monoisotopic (exact) mass is 397 g/mol. The maximum absolute atomic E-state index is 15.1. The van der Waals surface area contributed by atoms with Gasteiger partial charge < -0.3 is 10.1 Å². The lowest BCUT2D eigenvalue weighted by Gasteiger charge is -2.23. The first-order chi connectivity index (χ1) is 13.6. The minimum atomic E-state index is -0.472. The number of nitrogens with one attached hydrogen (secondary N) is 1. The Balaban J connectivity index is 1.71. The van der Waals surface area contributed by atoms with E-state index in [-0.39, 0.29) is 17.5 Å². The van der Waals surface area contributed by atoms with Crippen molar-refractivity contribution in [1.29, 1.82) is 0 Å². The molecule has 3 aromatic rings. The van der Waals surface area contributed by atoms with Crippen LogP contribution in [-0.2, 0) is 11.2 Å². The van der Waals surface area contributed by atoms with E-state index in [9.17, 15) is 4.79 Å². The van der Waals surface area contributed by atoms with Crippen LogP contribution >= 0.6 is 11.6 Å². The zero-order valence-electron chi connectivity index (χ0n) is 15.4. The van der Waals surface area contributed by atoms with Crippen LogP contribution in [0.3, 0.4) is 0 Å². The summed E-state index contributed by atoms with van der Waals surface area (Å²) in [7, 11) is 0. The van der Waals surface area contributed by atoms with Crippen LogP contribution in [0.1, 0.15) is 34.3 Å². The lowest BCUT2D eigenvalue weighted by molar-refractivity contribution is 0.0695. The molecule has 1 aliphatic heterocycles. The van der Waals surface area contributed by atoms with E-state index in [0.717, 1.165) is 29.4 Å². The molecule has 3 aromatic carbocycles. The molecule has 0 spiro atoms. The summed E-state index contributed by atoms with van der Waals surface area (Å²) in [5, 5.41) is 4.91. The van der Waals surface area contributed by atoms with E-state index in [4.69, 9.17) is 16.3 Å². The highest BCUT2D eigenvalue weighted by Crippen LogP contribution is 2.28. The van der Waals surface area contributed by atoms with Crippen LogP contribution in [0.4, 0.5) is 4.39 Å². The van der Waals surface area contributed by atoms with Gasteiger partial charge in [-0.2, -0.15) is 0 Å². The summed E-state index contributed by atoms with van der Waals surface area (Å²) in [6.45, 7) is 1.24. The minimum absolute atomic E-state index is 0.0202. The number of fused-ring (bicyclic) bond motifs is 1. The number of benzene rings is 3. The summed E-state index contributed by atoms with van der Waals surface area (Å²) < 4.78 is 20.5. The van der Waals surface area contributed by atoms with E-state index in [0.29, 0.717) is 30.0 Å². The van der Waals surface area contributed by atoms with Crippen LogP contribution in [0.15, 0.2) is 54.6 Å². The molecule has 1 N–H and O–H groups in total. The molecule has 0 saturated carbocycles. The van der Waals surface area contributed by atoms with E-state index >= 15 is 4.39 Å². The Kier molecular flexibility index (Phi) is 5.60. The van der Waals surface area contributed by atoms with Gasteiger partial charge in [0.25, 0.3) is 5.91 Å². The van der Waals surface area contributed by atoms with Gasteiger partial charge in [0.15, 0.2) is 0 Å². The second kappa shape index (κ2) is 8.29. The van der Waals surface area contributed by atoms with Crippen molar-refractivity contribution in [2.75, 3.05) is 13.2 Å². The third-order valence-electron chi connectivity index (χ3n) is 5.17. The zero-order valence-corrected chi connectivity index (χ0v) is 16.1. The van der Waals surface area contributed by atoms with Gasteiger partial charge in [0, 0.05) is 29.7 Å². The number of ether oxygens (including phenoxy) is 1. The largest absolute Gasteiger partial charge is 0.381 e. The number of halogens is 2. The molecule has 5 heteroatoms. The van der Waals surface area contributed by atoms with Crippen LogP contribution < -0.4 is 5.32 Å². The van der Waals surface area contributed by atoms with Gasteiger partial charge in [-0.1, -0.05) is 48.0 Å². The second-order valence-corrected chi connectivity index (χ2v) is 7.54. The van der Waals surface area contributed by atoms with Crippen molar-refractivity contribution in [3.05, 3.63) is 82.1 Å². The van der Waals surface area contributed by atoms with Crippen LogP contribution in [0.2, 0.25) is 5.02 Å². The Morgan fingerprint density at radius 1 is 1.07 bits per heavy atom. The number of rotatable bonds is 4. The first kappa shape index (κ1) is 18.9. The van der Waals surface area contributed by atoms with Gasteiger partial charge in [0.2, 0.25) is 0 Å². The van der Waals surface area contributed by atoms with Crippen LogP contribution in [-0.4, -0.2) is 25.2 Å². The summed E-state index contributed by atoms with van der Waals surface area (Å²) in [4.78, 5) is 12.8. The molecule has 28 heavy (non-hydrogen) atoms. The van der Waals surface area contributed by atoms with Crippen molar-refractivity contribution in [2.45, 2.75) is 25.3 Å². The fraction of sp³-hybridized carbons (Fsp3) is 0.261. The average Bonchev–Trinajstić information content (AvgIpc) is 2.72. The lowest BCUT2D eigenvalue weighted by atomic mass is 9.94. The number of amides is 1. The molecule has 1 fully saturated rings. The maximum atomic E-state index is 15.1. The van der Waals surface area contributed by atoms with Gasteiger partial charge >= 0.3 is 0 Å². The Hall–Kier alpha value is -2.43. The van der Waals surface area contributed by atoms with Crippen molar-refractivity contribution in [1.82, 2.24) is 5.32 Å². The van der Waals surface area contributed by atoms with Crippen LogP contribution in [0.25, 0.3) is 10.8 Å². The molecule has 1 amide bonds. The number of hydrogen-bond acceptors (Lipinski definition) is 2. The average molecular weight is 398 g/mol. The highest BCUT2D eigenvalue weighted by molar-refractivity contribution is 6.30. The Labute approximate surface area is 168 Å². The van der Waals surface area contributed by atoms with Crippen LogP contribution in [0.5, 0.6) is 0 Å². The van der Waals surface area contributed by atoms with E-state index in [1.54, 1.807) is 18.2 Å². The van der Waals surface area contributed by atoms with Crippen molar-refractivity contribution >= 4 is 28.3 Å². The Bertz CT molecular complexity index is 997. The molecular weight excluding hydrogens is 377 g/mol. The molecular formula is C23H21ClFNO2. The molecule has 1 saturated heterocycles. The third-order valence-corrected chi connectivity index (χ3v) is 5.43. The summed E-state index contributed by atoms with van der Waals surface area (Å²) in [5.41, 5.74) is 2.06. The van der Waals surface area contributed by atoms with Gasteiger partial charge in [-0.15, -0.1) is 0 Å². The SMILES string of the molecule is O=C(NC1CCOCC1)c1cc(Cc2ccc(Cl)cc2)c2ccccc2c1F. The molecule has 0 atom stereocenters. The molecule has 0 aliphatic carbocycles. The molecule has 144 valence electrons. The predicted octanol–water partition coefficient (Wildman–Crippen LogP) is 5.13. The van der Waals surface area contributed by atoms with E-state index in [1.165, 1.54) is 0 Å². The topological polar surface area (TPSA) is 38.3 Å². The quantitative estimate of drug-likeness (QED) is 0.662. The minimum Gasteiger partial charge on any atom is -0.381 e. The second-order valence-electron chi connectivity index (χ2n) is 7.11. The Morgan fingerprint density at radius 3 is 2.46 bits per heavy atom. The standard InChI is InChI=1S/C23H21ClFNO2/c24-17-7-5-15(6-8-17)13-16-14-21(22(25)20-4-2-1-3-19(16)20)23(27)26-18-9-11-28-12-10-18/h1-8,14,18H,9-13H2,(H,26,27). The predicted molar refractivity (Wildman–Crippen MR) is 109 cm³/mol. The highest BCUT2D eigenvalue weighted by atomic mass is 35.5. The lowest BCUT2D eigenvalue weighted by Crippen LogP contribution is -2.39. The molecule has 1 heterocycles. The molecule has 1 aliphatic rings. The zero-order chi connectivity index (χ0) is 19.5. The van der Waals surface area contributed by atoms with Gasteiger partial charge in [-0.05, 0) is 54.0 Å². The maximum Gasteiger partial charge on any atom is 0.254 e. The van der Waals surface area contributed by atoms with Gasteiger partial charge in [-0.3, -0.25) is 4.79 Å². The van der Waals surface area contributed by atoms with Gasteiger partial charge in [-0.25, -0.2) is 4.39 Å². The van der Waals surface area contributed by atoms with Crippen molar-refractivity contribution in [2.24, 2.45) is 0 Å². The van der Waals surface area contributed by atoms with Crippen molar-refractivity contribution in [3.8, 4) is 0 Å². The van der Waals surface area contributed by atoms with E-state index in [2.05, 4.69) is 5.32 Å². The highest BCUT2D eigenvalue weighted by Gasteiger charge is 2.21. The molecule has 0 aromatic heterocycles. The Morgan fingerprint density at radius 2 is 1.75 bits per heavy atom. The van der Waals surface area contributed by atoms with E-state index in [1.807, 2.05) is 36.4 Å².